The summed E-state index contributed by atoms with van der Waals surface area (Å²) in [7, 11) is 0. The minimum absolute atomic E-state index is 0.112. The van der Waals surface area contributed by atoms with E-state index < -0.39 is 4.92 Å². The van der Waals surface area contributed by atoms with Crippen molar-refractivity contribution in [2.45, 2.75) is 13.5 Å². The number of rotatable bonds is 8. The van der Waals surface area contributed by atoms with Gasteiger partial charge in [-0.25, -0.2) is 0 Å². The molecule has 0 bridgehead atoms. The van der Waals surface area contributed by atoms with Gasteiger partial charge in [-0.15, -0.1) is 0 Å². The van der Waals surface area contributed by atoms with E-state index >= 15 is 0 Å². The maximum Gasteiger partial charge on any atom is 0.311 e. The smallest absolute Gasteiger partial charge is 0.311 e. The molecular weight excluding hydrogens is 458 g/mol. The molecule has 170 valence electrons. The Hall–Kier alpha value is -4.42. The molecule has 0 radical (unpaired) electrons. The first-order valence-corrected chi connectivity index (χ1v) is 10.6. The number of fused-ring (bicyclic) bond motifs is 1. The Morgan fingerprint density at radius 3 is 2.68 bits per heavy atom. The number of anilines is 2. The van der Waals surface area contributed by atoms with Crippen LogP contribution in [0.4, 0.5) is 17.1 Å². The van der Waals surface area contributed by atoms with Gasteiger partial charge in [0.05, 0.1) is 39.0 Å². The Bertz CT molecular complexity index is 1410. The molecule has 2 heterocycles. The maximum absolute atomic E-state index is 11.6. The van der Waals surface area contributed by atoms with Gasteiger partial charge in [0.15, 0.2) is 5.75 Å². The summed E-state index contributed by atoms with van der Waals surface area (Å²) in [4.78, 5) is 19.5. The normalized spacial score (nSPS) is 10.5. The highest BCUT2D eigenvalue weighted by Gasteiger charge is 2.20. The zero-order valence-corrected chi connectivity index (χ0v) is 18.7. The number of hydrogen-bond donors (Lipinski definition) is 1. The highest BCUT2D eigenvalue weighted by Crippen LogP contribution is 2.38. The number of nitriles is 1. The van der Waals surface area contributed by atoms with Gasteiger partial charge in [-0.05, 0) is 37.3 Å². The first-order valence-electron chi connectivity index (χ1n) is 10.2. The van der Waals surface area contributed by atoms with Gasteiger partial charge in [-0.3, -0.25) is 20.1 Å². The van der Waals surface area contributed by atoms with E-state index in [2.05, 4.69) is 21.4 Å². The Morgan fingerprint density at radius 1 is 1.15 bits per heavy atom. The van der Waals surface area contributed by atoms with Crippen molar-refractivity contribution in [3.05, 3.63) is 87.3 Å². The van der Waals surface area contributed by atoms with E-state index in [1.54, 1.807) is 31.3 Å². The van der Waals surface area contributed by atoms with Crippen LogP contribution in [0.1, 0.15) is 18.2 Å². The third kappa shape index (κ3) is 4.82. The summed E-state index contributed by atoms with van der Waals surface area (Å²) in [5, 5.41) is 25.1. The van der Waals surface area contributed by atoms with Crippen LogP contribution in [0.2, 0.25) is 5.02 Å². The van der Waals surface area contributed by atoms with Crippen LogP contribution in [0, 0.1) is 21.4 Å². The minimum Gasteiger partial charge on any atom is -0.487 e. The van der Waals surface area contributed by atoms with Crippen molar-refractivity contribution in [2.75, 3.05) is 11.9 Å². The predicted octanol–water partition coefficient (Wildman–Crippen LogP) is 5.78. The van der Waals surface area contributed by atoms with Gasteiger partial charge in [0.2, 0.25) is 0 Å². The number of aromatic nitrogens is 2. The van der Waals surface area contributed by atoms with E-state index in [4.69, 9.17) is 21.1 Å². The second kappa shape index (κ2) is 10.0. The highest BCUT2D eigenvalue weighted by atomic mass is 35.5. The molecule has 0 saturated heterocycles. The number of halogens is 1. The number of pyridine rings is 2. The maximum atomic E-state index is 11.6. The molecular formula is C24H18ClN5O4. The highest BCUT2D eigenvalue weighted by molar-refractivity contribution is 6.32. The quantitative estimate of drug-likeness (QED) is 0.251. The standard InChI is InChI=1S/C24H18ClN5O4/c1-2-33-23-11-20-18(10-21(23)30(31)32)24(15(12-26)13-28-20)29-16-6-7-22(19(25)9-16)34-14-17-5-3-4-8-27-17/h3-11,13H,2,14H2,1H3,(H,28,29). The number of benzene rings is 2. The molecule has 0 saturated carbocycles. The van der Waals surface area contributed by atoms with Crippen LogP contribution in [0.5, 0.6) is 11.5 Å². The van der Waals surface area contributed by atoms with Gasteiger partial charge >= 0.3 is 5.69 Å². The minimum atomic E-state index is -0.530. The van der Waals surface area contributed by atoms with Crippen molar-refractivity contribution in [1.82, 2.24) is 9.97 Å². The second-order valence-electron chi connectivity index (χ2n) is 7.07. The topological polar surface area (TPSA) is 123 Å². The summed E-state index contributed by atoms with van der Waals surface area (Å²) in [6.45, 7) is 2.26. The van der Waals surface area contributed by atoms with E-state index in [0.717, 1.165) is 5.69 Å². The Balaban J connectivity index is 1.68. The molecule has 0 aliphatic heterocycles. The Morgan fingerprint density at radius 2 is 2.00 bits per heavy atom. The molecule has 0 spiro atoms. The van der Waals surface area contributed by atoms with Gasteiger partial charge in [-0.1, -0.05) is 17.7 Å². The summed E-state index contributed by atoms with van der Waals surface area (Å²) in [5.74, 6) is 0.579. The van der Waals surface area contributed by atoms with Crippen molar-refractivity contribution in [3.63, 3.8) is 0 Å². The van der Waals surface area contributed by atoms with Gasteiger partial charge < -0.3 is 14.8 Å². The van der Waals surface area contributed by atoms with Crippen LogP contribution in [-0.4, -0.2) is 21.5 Å². The molecule has 1 N–H and O–H groups in total. The molecule has 2 aromatic carbocycles. The van der Waals surface area contributed by atoms with E-state index in [1.807, 2.05) is 18.2 Å². The number of ether oxygens (including phenoxy) is 2. The fourth-order valence-electron chi connectivity index (χ4n) is 3.32. The van der Waals surface area contributed by atoms with Crippen LogP contribution >= 0.6 is 11.6 Å². The Labute approximate surface area is 199 Å². The van der Waals surface area contributed by atoms with E-state index in [9.17, 15) is 15.4 Å². The monoisotopic (exact) mass is 475 g/mol. The molecule has 0 unspecified atom stereocenters. The van der Waals surface area contributed by atoms with Crippen molar-refractivity contribution in [3.8, 4) is 17.6 Å². The number of nitro groups is 1. The molecule has 0 fully saturated rings. The average Bonchev–Trinajstić information content (AvgIpc) is 2.84. The van der Waals surface area contributed by atoms with E-state index in [1.165, 1.54) is 18.3 Å². The largest absolute Gasteiger partial charge is 0.487 e. The van der Waals surface area contributed by atoms with Crippen molar-refractivity contribution >= 4 is 39.6 Å². The first kappa shape index (κ1) is 22.8. The SMILES string of the molecule is CCOc1cc2ncc(C#N)c(Nc3ccc(OCc4ccccn4)c(Cl)c3)c2cc1[N+](=O)[O-]. The molecule has 4 rings (SSSR count). The molecule has 4 aromatic rings. The fourth-order valence-corrected chi connectivity index (χ4v) is 3.55. The molecule has 34 heavy (non-hydrogen) atoms. The lowest BCUT2D eigenvalue weighted by Gasteiger charge is -2.14. The van der Waals surface area contributed by atoms with Gasteiger partial charge in [0.1, 0.15) is 18.4 Å². The van der Waals surface area contributed by atoms with Crippen molar-refractivity contribution in [2.24, 2.45) is 0 Å². The zero-order chi connectivity index (χ0) is 24.1. The first-order chi connectivity index (χ1) is 16.5. The molecule has 0 atom stereocenters. The number of hydrogen-bond acceptors (Lipinski definition) is 8. The zero-order valence-electron chi connectivity index (χ0n) is 18.0. The van der Waals surface area contributed by atoms with E-state index in [0.29, 0.717) is 33.0 Å². The van der Waals surface area contributed by atoms with Crippen LogP contribution in [-0.2, 0) is 6.61 Å². The number of nitrogens with zero attached hydrogens (tertiary/aromatic N) is 4. The Kier molecular flexibility index (Phi) is 6.71. The lowest BCUT2D eigenvalue weighted by Crippen LogP contribution is -2.01. The predicted molar refractivity (Wildman–Crippen MR) is 128 cm³/mol. The third-order valence-electron chi connectivity index (χ3n) is 4.87. The summed E-state index contributed by atoms with van der Waals surface area (Å²) < 4.78 is 11.2. The van der Waals surface area contributed by atoms with Gasteiger partial charge in [-0.2, -0.15) is 5.26 Å². The molecule has 0 aliphatic carbocycles. The summed E-state index contributed by atoms with van der Waals surface area (Å²) in [6.07, 6.45) is 3.08. The van der Waals surface area contributed by atoms with Crippen LogP contribution < -0.4 is 14.8 Å². The summed E-state index contributed by atoms with van der Waals surface area (Å²) >= 11 is 6.41. The van der Waals surface area contributed by atoms with Gasteiger partial charge in [0.25, 0.3) is 0 Å². The van der Waals surface area contributed by atoms with Crippen molar-refractivity contribution < 1.29 is 14.4 Å². The third-order valence-corrected chi connectivity index (χ3v) is 5.16. The van der Waals surface area contributed by atoms with Crippen LogP contribution in [0.3, 0.4) is 0 Å². The lowest BCUT2D eigenvalue weighted by atomic mass is 10.1. The van der Waals surface area contributed by atoms with Crippen molar-refractivity contribution in [1.29, 1.82) is 5.26 Å². The fraction of sp³-hybridized carbons (Fsp3) is 0.125. The summed E-state index contributed by atoms with van der Waals surface area (Å²) in [6, 6.07) is 15.5. The molecule has 0 amide bonds. The molecule has 10 heteroatoms. The molecule has 9 nitrogen and oxygen atoms in total. The van der Waals surface area contributed by atoms with Gasteiger partial charge in [0, 0.05) is 35.6 Å². The number of nitrogens with one attached hydrogen (secondary N) is 1. The molecule has 0 aliphatic rings. The van der Waals surface area contributed by atoms with E-state index in [-0.39, 0.29) is 30.2 Å². The number of nitro benzene ring substituents is 1. The lowest BCUT2D eigenvalue weighted by molar-refractivity contribution is -0.385. The molecule has 2 aromatic heterocycles. The average molecular weight is 476 g/mol. The van der Waals surface area contributed by atoms with Crippen LogP contribution in [0.15, 0.2) is 60.9 Å². The second-order valence-corrected chi connectivity index (χ2v) is 7.47. The summed E-state index contributed by atoms with van der Waals surface area (Å²) in [5.41, 5.74) is 2.14. The van der Waals surface area contributed by atoms with Crippen LogP contribution in [0.25, 0.3) is 10.9 Å².